The van der Waals surface area contributed by atoms with E-state index in [4.69, 9.17) is 5.11 Å². The summed E-state index contributed by atoms with van der Waals surface area (Å²) >= 11 is 0. The normalized spacial score (nSPS) is 23.2. The highest BCUT2D eigenvalue weighted by Gasteiger charge is 2.25. The quantitative estimate of drug-likeness (QED) is 0.304. The van der Waals surface area contributed by atoms with Crippen molar-refractivity contribution in [2.75, 3.05) is 26.2 Å². The standard InChI is InChI=1S/C16H36N4.C8H6O5.H2O/c1-13-11-15(3,4)19-10-8-18-14(2)12-16(5,6)20-9-7-17-13;9-6-2-4(7(10)11)1-5(3-6)8(12)13;/h13-14,17-20H,7-12H2,1-6H3;1-3,9H,(H,10,11)(H,12,13);1H2/t13-,14-;;/m0../s1. The Labute approximate surface area is 202 Å². The maximum absolute atomic E-state index is 10.8. The van der Waals surface area contributed by atoms with Crippen molar-refractivity contribution in [1.82, 2.24) is 10.6 Å². The number of carbonyl (C=O) groups excluding carboxylic acids is 1. The first-order valence-corrected chi connectivity index (χ1v) is 11.6. The number of hydrogen-bond acceptors (Lipinski definition) is 6. The molecule has 0 amide bonds. The molecule has 2 atom stereocenters. The van der Waals surface area contributed by atoms with E-state index in [-0.39, 0.29) is 22.1 Å². The van der Waals surface area contributed by atoms with Gasteiger partial charge in [0.1, 0.15) is 0 Å². The Morgan fingerprint density at radius 1 is 0.912 bits per heavy atom. The van der Waals surface area contributed by atoms with Gasteiger partial charge in [-0.15, -0.1) is 5.75 Å². The molecule has 1 saturated heterocycles. The molecule has 2 rings (SSSR count). The fourth-order valence-electron chi connectivity index (χ4n) is 4.32. The minimum Gasteiger partial charge on any atom is -0.872 e. The Balaban J connectivity index is 0.000000676. The van der Waals surface area contributed by atoms with Gasteiger partial charge in [0.25, 0.3) is 0 Å². The lowest BCUT2D eigenvalue weighted by atomic mass is 9.94. The first-order valence-electron chi connectivity index (χ1n) is 11.6. The van der Waals surface area contributed by atoms with Gasteiger partial charge in [-0.25, -0.2) is 4.79 Å². The maximum atomic E-state index is 10.8. The fourth-order valence-corrected chi connectivity index (χ4v) is 4.32. The molecular weight excluding hydrogens is 440 g/mol. The van der Waals surface area contributed by atoms with Gasteiger partial charge in [0.15, 0.2) is 0 Å². The lowest BCUT2D eigenvalue weighted by Gasteiger charge is -2.31. The predicted octanol–water partition coefficient (Wildman–Crippen LogP) is -2.58. The van der Waals surface area contributed by atoms with E-state index in [0.29, 0.717) is 12.1 Å². The Morgan fingerprint density at radius 3 is 1.71 bits per heavy atom. The van der Waals surface area contributed by atoms with Crippen LogP contribution >= 0.6 is 0 Å². The van der Waals surface area contributed by atoms with Gasteiger partial charge in [-0.1, -0.05) is 12.1 Å². The van der Waals surface area contributed by atoms with Crippen LogP contribution in [0.4, 0.5) is 0 Å². The Bertz CT molecular complexity index is 724. The van der Waals surface area contributed by atoms with Crippen LogP contribution in [0, 0.1) is 0 Å². The van der Waals surface area contributed by atoms with Crippen LogP contribution in [0.3, 0.4) is 0 Å². The van der Waals surface area contributed by atoms with Gasteiger partial charge in [-0.05, 0) is 53.2 Å². The van der Waals surface area contributed by atoms with Gasteiger partial charge in [-0.2, -0.15) is 0 Å². The second-order valence-corrected chi connectivity index (χ2v) is 10.4. The van der Waals surface area contributed by atoms with E-state index in [1.165, 1.54) is 25.9 Å². The van der Waals surface area contributed by atoms with Crippen molar-refractivity contribution in [3.63, 3.8) is 0 Å². The maximum Gasteiger partial charge on any atom is 0.335 e. The van der Waals surface area contributed by atoms with Gasteiger partial charge in [0, 0.05) is 37.0 Å². The molecule has 34 heavy (non-hydrogen) atoms. The number of nitrogens with one attached hydrogen (secondary N) is 2. The van der Waals surface area contributed by atoms with Crippen molar-refractivity contribution in [2.24, 2.45) is 0 Å². The van der Waals surface area contributed by atoms with Crippen molar-refractivity contribution in [3.8, 4) is 5.75 Å². The molecule has 196 valence electrons. The number of carboxylic acid groups (broad SMARTS) is 2. The molecule has 1 aromatic rings. The SMILES string of the molecule is C[C@H]1CC(C)(C)NCC[NH2+][C@@H](C)CC(C)(C)NCC[NH2+]1.O.O=C([O-])c1cc([O-])cc(C(=O)O)c1. The van der Waals surface area contributed by atoms with E-state index in [1.807, 2.05) is 0 Å². The van der Waals surface area contributed by atoms with Crippen LogP contribution in [0.15, 0.2) is 18.2 Å². The van der Waals surface area contributed by atoms with Gasteiger partial charge in [-0.3, -0.25) is 0 Å². The summed E-state index contributed by atoms with van der Waals surface area (Å²) in [4.78, 5) is 20.7. The summed E-state index contributed by atoms with van der Waals surface area (Å²) < 4.78 is 0. The van der Waals surface area contributed by atoms with E-state index < -0.39 is 23.3 Å². The predicted molar refractivity (Wildman–Crippen MR) is 127 cm³/mol. The zero-order chi connectivity index (χ0) is 25.2. The third-order valence-electron chi connectivity index (χ3n) is 5.69. The summed E-state index contributed by atoms with van der Waals surface area (Å²) in [5.74, 6) is -3.58. The van der Waals surface area contributed by atoms with Gasteiger partial charge in [0.05, 0.1) is 36.7 Å². The molecule has 1 heterocycles. The summed E-state index contributed by atoms with van der Waals surface area (Å²) in [6.45, 7) is 18.5. The molecule has 1 aliphatic rings. The number of benzene rings is 1. The van der Waals surface area contributed by atoms with Crippen molar-refractivity contribution in [2.45, 2.75) is 77.5 Å². The molecule has 1 fully saturated rings. The monoisotopic (exact) mass is 484 g/mol. The summed E-state index contributed by atoms with van der Waals surface area (Å²) in [6.07, 6.45) is 2.43. The van der Waals surface area contributed by atoms with Crippen molar-refractivity contribution >= 4 is 11.9 Å². The van der Waals surface area contributed by atoms with Crippen molar-refractivity contribution < 1.29 is 41.0 Å². The summed E-state index contributed by atoms with van der Waals surface area (Å²) in [5, 5.41) is 41.9. The first kappa shape index (κ1) is 31.8. The van der Waals surface area contributed by atoms with Crippen LogP contribution in [0.1, 0.15) is 75.1 Å². The zero-order valence-corrected chi connectivity index (χ0v) is 21.4. The van der Waals surface area contributed by atoms with E-state index in [0.717, 1.165) is 31.3 Å². The highest BCUT2D eigenvalue weighted by atomic mass is 16.4. The summed E-state index contributed by atoms with van der Waals surface area (Å²) in [7, 11) is 0. The number of carboxylic acids is 2. The molecule has 10 nitrogen and oxygen atoms in total. The fraction of sp³-hybridized carbons (Fsp3) is 0.667. The molecule has 0 unspecified atom stereocenters. The van der Waals surface area contributed by atoms with Crippen LogP contribution in [0.25, 0.3) is 0 Å². The lowest BCUT2D eigenvalue weighted by Crippen LogP contribution is -2.92. The average molecular weight is 485 g/mol. The molecule has 10 heteroatoms. The van der Waals surface area contributed by atoms with Crippen LogP contribution in [0.5, 0.6) is 5.75 Å². The molecule has 0 bridgehead atoms. The zero-order valence-electron chi connectivity index (χ0n) is 21.4. The van der Waals surface area contributed by atoms with E-state index >= 15 is 0 Å². The highest BCUT2D eigenvalue weighted by Crippen LogP contribution is 2.13. The summed E-state index contributed by atoms with van der Waals surface area (Å²) in [6, 6.07) is 3.87. The number of hydrogen-bond donors (Lipinski definition) is 5. The van der Waals surface area contributed by atoms with Crippen LogP contribution < -0.4 is 31.5 Å². The molecular formula is C24H44N4O6. The van der Waals surface area contributed by atoms with Crippen LogP contribution in [0.2, 0.25) is 0 Å². The minimum absolute atomic E-state index is 0. The molecule has 0 spiro atoms. The second kappa shape index (κ2) is 14.2. The molecule has 1 aromatic carbocycles. The molecule has 1 aliphatic heterocycles. The molecule has 9 N–H and O–H groups in total. The first-order chi connectivity index (χ1) is 15.2. The van der Waals surface area contributed by atoms with E-state index in [9.17, 15) is 19.8 Å². The Kier molecular flexibility index (Phi) is 13.3. The highest BCUT2D eigenvalue weighted by molar-refractivity contribution is 5.93. The minimum atomic E-state index is -1.57. The van der Waals surface area contributed by atoms with E-state index in [1.54, 1.807) is 0 Å². The lowest BCUT2D eigenvalue weighted by molar-refractivity contribution is -0.689. The number of quaternary nitrogens is 2. The number of carbonyl (C=O) groups is 2. The number of aromatic carboxylic acids is 2. The van der Waals surface area contributed by atoms with Crippen molar-refractivity contribution in [3.05, 3.63) is 29.3 Å². The number of nitrogens with two attached hydrogens (primary N) is 2. The largest absolute Gasteiger partial charge is 0.872 e. The Hall–Kier alpha value is -2.24. The number of rotatable bonds is 2. The summed E-state index contributed by atoms with van der Waals surface area (Å²) in [5.41, 5.74) is -0.301. The molecule has 0 aliphatic carbocycles. The van der Waals surface area contributed by atoms with E-state index in [2.05, 4.69) is 62.8 Å². The van der Waals surface area contributed by atoms with Crippen LogP contribution in [-0.4, -0.2) is 71.9 Å². The third kappa shape index (κ3) is 12.9. The second-order valence-electron chi connectivity index (χ2n) is 10.4. The molecule has 0 aromatic heterocycles. The van der Waals surface area contributed by atoms with Gasteiger partial charge < -0.3 is 46.9 Å². The van der Waals surface area contributed by atoms with Crippen molar-refractivity contribution in [1.29, 1.82) is 0 Å². The third-order valence-corrected chi connectivity index (χ3v) is 5.69. The van der Waals surface area contributed by atoms with Gasteiger partial charge in [0.2, 0.25) is 0 Å². The molecule has 0 radical (unpaired) electrons. The smallest absolute Gasteiger partial charge is 0.335 e. The molecule has 0 saturated carbocycles. The van der Waals surface area contributed by atoms with Gasteiger partial charge >= 0.3 is 5.97 Å². The van der Waals surface area contributed by atoms with Crippen LogP contribution in [-0.2, 0) is 0 Å². The topological polar surface area (TPSA) is 189 Å². The average Bonchev–Trinajstić information content (AvgIpc) is 2.67. The Morgan fingerprint density at radius 2 is 1.32 bits per heavy atom.